The van der Waals surface area contributed by atoms with E-state index in [0.717, 1.165) is 11.1 Å². The molecule has 1 N–H and O–H groups in total. The van der Waals surface area contributed by atoms with Crippen LogP contribution in [0.3, 0.4) is 0 Å². The molecule has 2 aromatic rings. The van der Waals surface area contributed by atoms with Crippen LogP contribution in [0.1, 0.15) is 60.5 Å². The zero-order valence-electron chi connectivity index (χ0n) is 11.8. The lowest BCUT2D eigenvalue weighted by molar-refractivity contribution is 0.176. The van der Waals surface area contributed by atoms with Crippen LogP contribution in [0.4, 0.5) is 4.39 Å². The normalized spacial score (nSPS) is 21.2. The second-order valence-corrected chi connectivity index (χ2v) is 5.90. The van der Waals surface area contributed by atoms with Crippen LogP contribution < -0.4 is 0 Å². The van der Waals surface area contributed by atoms with Crippen molar-refractivity contribution in [1.82, 2.24) is 0 Å². The topological polar surface area (TPSA) is 20.2 Å². The number of benzene rings is 2. The summed E-state index contributed by atoms with van der Waals surface area (Å²) in [6, 6.07) is 13.0. The Morgan fingerprint density at radius 2 is 1.75 bits per heavy atom. The van der Waals surface area contributed by atoms with E-state index in [1.54, 1.807) is 0 Å². The lowest BCUT2D eigenvalue weighted by Gasteiger charge is -2.13. The van der Waals surface area contributed by atoms with E-state index in [4.69, 9.17) is 0 Å². The number of aliphatic hydroxyl groups is 1. The van der Waals surface area contributed by atoms with E-state index in [1.165, 1.54) is 23.3 Å². The highest BCUT2D eigenvalue weighted by Crippen LogP contribution is 2.44. The molecule has 0 saturated carbocycles. The van der Waals surface area contributed by atoms with Crippen molar-refractivity contribution in [2.75, 3.05) is 0 Å². The van der Waals surface area contributed by atoms with Gasteiger partial charge in [-0.15, -0.1) is 0 Å². The third-order valence-corrected chi connectivity index (χ3v) is 4.24. The van der Waals surface area contributed by atoms with Crippen molar-refractivity contribution < 1.29 is 9.50 Å². The van der Waals surface area contributed by atoms with Crippen LogP contribution in [-0.4, -0.2) is 5.11 Å². The summed E-state index contributed by atoms with van der Waals surface area (Å²) in [5.74, 6) is 0.404. The summed E-state index contributed by atoms with van der Waals surface area (Å²) < 4.78 is 13.0. The average molecular weight is 270 g/mol. The second kappa shape index (κ2) is 5.02. The van der Waals surface area contributed by atoms with Gasteiger partial charge in [-0.1, -0.05) is 44.2 Å². The summed E-state index contributed by atoms with van der Waals surface area (Å²) in [5.41, 5.74) is 4.53. The van der Waals surface area contributed by atoms with Gasteiger partial charge in [-0.25, -0.2) is 4.39 Å². The lowest BCUT2D eigenvalue weighted by Crippen LogP contribution is -1.97. The van der Waals surface area contributed by atoms with Crippen molar-refractivity contribution >= 4 is 0 Å². The van der Waals surface area contributed by atoms with E-state index >= 15 is 0 Å². The van der Waals surface area contributed by atoms with Crippen molar-refractivity contribution in [2.24, 2.45) is 0 Å². The Labute approximate surface area is 119 Å². The summed E-state index contributed by atoms with van der Waals surface area (Å²) in [5, 5.41) is 10.3. The number of fused-ring (bicyclic) bond motifs is 1. The minimum absolute atomic E-state index is 0.168. The number of hydrogen-bond acceptors (Lipinski definition) is 1. The quantitative estimate of drug-likeness (QED) is 0.850. The van der Waals surface area contributed by atoms with E-state index in [-0.39, 0.29) is 11.7 Å². The molecule has 1 nitrogen and oxygen atoms in total. The molecule has 0 radical (unpaired) electrons. The molecule has 1 aliphatic carbocycles. The fourth-order valence-electron chi connectivity index (χ4n) is 3.05. The van der Waals surface area contributed by atoms with Crippen molar-refractivity contribution in [3.63, 3.8) is 0 Å². The molecule has 1 aliphatic rings. The van der Waals surface area contributed by atoms with Crippen LogP contribution in [-0.2, 0) is 0 Å². The Morgan fingerprint density at radius 1 is 1.05 bits per heavy atom. The fraction of sp³-hybridized carbons (Fsp3) is 0.333. The first-order valence-electron chi connectivity index (χ1n) is 7.13. The molecule has 0 saturated heterocycles. The van der Waals surface area contributed by atoms with E-state index in [0.29, 0.717) is 12.3 Å². The van der Waals surface area contributed by atoms with Crippen molar-refractivity contribution in [1.29, 1.82) is 0 Å². The van der Waals surface area contributed by atoms with Crippen molar-refractivity contribution in [3.05, 3.63) is 70.5 Å². The molecule has 0 unspecified atom stereocenters. The largest absolute Gasteiger partial charge is 0.388 e. The molecule has 0 amide bonds. The molecule has 0 aromatic heterocycles. The van der Waals surface area contributed by atoms with Crippen LogP contribution in [0.2, 0.25) is 0 Å². The fourth-order valence-corrected chi connectivity index (χ4v) is 3.05. The van der Waals surface area contributed by atoms with Crippen LogP contribution in [0.25, 0.3) is 0 Å². The van der Waals surface area contributed by atoms with Gasteiger partial charge in [-0.2, -0.15) is 0 Å². The number of halogens is 1. The van der Waals surface area contributed by atoms with Gasteiger partial charge in [0.15, 0.2) is 0 Å². The highest BCUT2D eigenvalue weighted by atomic mass is 19.1. The summed E-state index contributed by atoms with van der Waals surface area (Å²) in [6.07, 6.45) is 0.265. The predicted molar refractivity (Wildman–Crippen MR) is 78.4 cm³/mol. The van der Waals surface area contributed by atoms with E-state index in [2.05, 4.69) is 32.0 Å². The van der Waals surface area contributed by atoms with Crippen LogP contribution in [0.15, 0.2) is 42.5 Å². The Kier molecular flexibility index (Phi) is 3.35. The molecule has 3 rings (SSSR count). The molecule has 0 heterocycles. The van der Waals surface area contributed by atoms with Gasteiger partial charge >= 0.3 is 0 Å². The Morgan fingerprint density at radius 3 is 2.40 bits per heavy atom. The summed E-state index contributed by atoms with van der Waals surface area (Å²) >= 11 is 0. The maximum absolute atomic E-state index is 13.0. The first kappa shape index (κ1) is 13.3. The molecule has 20 heavy (non-hydrogen) atoms. The van der Waals surface area contributed by atoms with Gasteiger partial charge in [-0.05, 0) is 46.7 Å². The standard InChI is InChI=1S/C18H19FO/c1-11(2)13-5-8-15-16(10-18(20)17(15)9-13)12-3-6-14(19)7-4-12/h3-9,11,16,18,20H,10H2,1-2H3/t16-,18-/m1/s1. The zero-order valence-corrected chi connectivity index (χ0v) is 11.8. The van der Waals surface area contributed by atoms with Gasteiger partial charge in [0.2, 0.25) is 0 Å². The molecule has 0 fully saturated rings. The van der Waals surface area contributed by atoms with Crippen molar-refractivity contribution in [2.45, 2.75) is 38.2 Å². The monoisotopic (exact) mass is 270 g/mol. The van der Waals surface area contributed by atoms with Gasteiger partial charge < -0.3 is 5.11 Å². The number of hydrogen-bond donors (Lipinski definition) is 1. The average Bonchev–Trinajstić information content (AvgIpc) is 2.76. The highest BCUT2D eigenvalue weighted by molar-refractivity contribution is 5.46. The minimum Gasteiger partial charge on any atom is -0.388 e. The smallest absolute Gasteiger partial charge is 0.123 e. The first-order chi connectivity index (χ1) is 9.56. The second-order valence-electron chi connectivity index (χ2n) is 5.90. The number of rotatable bonds is 2. The summed E-state index contributed by atoms with van der Waals surface area (Å²) in [7, 11) is 0. The Bertz CT molecular complexity index is 616. The minimum atomic E-state index is -0.418. The van der Waals surface area contributed by atoms with E-state index < -0.39 is 6.10 Å². The molecular weight excluding hydrogens is 251 g/mol. The highest BCUT2D eigenvalue weighted by Gasteiger charge is 2.30. The Balaban J connectivity index is 2.01. The molecule has 0 aliphatic heterocycles. The lowest BCUT2D eigenvalue weighted by atomic mass is 9.91. The third kappa shape index (κ3) is 2.25. The van der Waals surface area contributed by atoms with Gasteiger partial charge in [0, 0.05) is 5.92 Å². The van der Waals surface area contributed by atoms with Gasteiger partial charge in [0.1, 0.15) is 5.82 Å². The molecule has 2 atom stereocenters. The number of aliphatic hydroxyl groups excluding tert-OH is 1. The predicted octanol–water partition coefficient (Wildman–Crippen LogP) is 4.52. The summed E-state index contributed by atoms with van der Waals surface area (Å²) in [6.45, 7) is 4.31. The molecule has 0 bridgehead atoms. The molecular formula is C18H19FO. The van der Waals surface area contributed by atoms with Gasteiger partial charge in [-0.3, -0.25) is 0 Å². The molecule has 2 aromatic carbocycles. The van der Waals surface area contributed by atoms with E-state index in [1.807, 2.05) is 12.1 Å². The molecule has 2 heteroatoms. The first-order valence-corrected chi connectivity index (χ1v) is 7.13. The SMILES string of the molecule is CC(C)c1ccc2c(c1)[C@H](O)C[C@@H]2c1ccc(F)cc1. The Hall–Kier alpha value is -1.67. The van der Waals surface area contributed by atoms with Crippen molar-refractivity contribution in [3.8, 4) is 0 Å². The van der Waals surface area contributed by atoms with Crippen LogP contribution >= 0.6 is 0 Å². The van der Waals surface area contributed by atoms with E-state index in [9.17, 15) is 9.50 Å². The van der Waals surface area contributed by atoms with Gasteiger partial charge in [0.25, 0.3) is 0 Å². The van der Waals surface area contributed by atoms with Gasteiger partial charge in [0.05, 0.1) is 6.10 Å². The molecule has 0 spiro atoms. The van der Waals surface area contributed by atoms with Crippen LogP contribution in [0.5, 0.6) is 0 Å². The van der Waals surface area contributed by atoms with Crippen LogP contribution in [0, 0.1) is 5.82 Å². The third-order valence-electron chi connectivity index (χ3n) is 4.24. The maximum Gasteiger partial charge on any atom is 0.123 e. The zero-order chi connectivity index (χ0) is 14.3. The molecule has 104 valence electrons. The summed E-state index contributed by atoms with van der Waals surface area (Å²) in [4.78, 5) is 0. The maximum atomic E-state index is 13.0.